The van der Waals surface area contributed by atoms with E-state index in [0.717, 1.165) is 36.1 Å². The zero-order valence-corrected chi connectivity index (χ0v) is 23.2. The van der Waals surface area contributed by atoms with Gasteiger partial charge in [0.15, 0.2) is 0 Å². The monoisotopic (exact) mass is 565 g/mol. The molecular weight excluding hydrogens is 533 g/mol. The topological polar surface area (TPSA) is 106 Å². The molecule has 9 nitrogen and oxygen atoms in total. The summed E-state index contributed by atoms with van der Waals surface area (Å²) in [7, 11) is 0. The van der Waals surface area contributed by atoms with Crippen molar-refractivity contribution in [3.05, 3.63) is 74.3 Å². The van der Waals surface area contributed by atoms with Crippen LogP contribution in [0.25, 0.3) is 11.0 Å². The molecule has 1 aromatic carbocycles. The zero-order valence-electron chi connectivity index (χ0n) is 22.3. The van der Waals surface area contributed by atoms with Gasteiger partial charge in [0.25, 0.3) is 11.5 Å². The number of fused-ring (bicyclic) bond motifs is 2. The number of carbonyl (C=O) groups is 2. The first-order chi connectivity index (χ1) is 19.3. The van der Waals surface area contributed by atoms with Gasteiger partial charge in [-0.2, -0.15) is 11.8 Å². The number of thioether (sulfide) groups is 1. The highest BCUT2D eigenvalue weighted by atomic mass is 32.2. The summed E-state index contributed by atoms with van der Waals surface area (Å²) < 4.78 is 17.1. The second-order valence-electron chi connectivity index (χ2n) is 11.0. The molecule has 1 saturated carbocycles. The van der Waals surface area contributed by atoms with E-state index in [-0.39, 0.29) is 46.7 Å². The molecule has 0 bridgehead atoms. The summed E-state index contributed by atoms with van der Waals surface area (Å²) in [4.78, 5) is 58.9. The number of nitrogens with one attached hydrogen (secondary N) is 1. The van der Waals surface area contributed by atoms with Crippen molar-refractivity contribution in [2.45, 2.75) is 76.2 Å². The van der Waals surface area contributed by atoms with Gasteiger partial charge in [-0.1, -0.05) is 18.2 Å². The number of amides is 2. The van der Waals surface area contributed by atoms with Crippen molar-refractivity contribution in [2.24, 2.45) is 0 Å². The fourth-order valence-corrected chi connectivity index (χ4v) is 7.41. The van der Waals surface area contributed by atoms with Gasteiger partial charge >= 0.3 is 5.69 Å². The van der Waals surface area contributed by atoms with E-state index in [0.29, 0.717) is 37.8 Å². The van der Waals surface area contributed by atoms with Crippen LogP contribution in [0.2, 0.25) is 0 Å². The summed E-state index contributed by atoms with van der Waals surface area (Å²) in [5.41, 5.74) is 0.902. The Kier molecular flexibility index (Phi) is 7.24. The van der Waals surface area contributed by atoms with Crippen LogP contribution in [0.4, 0.5) is 4.39 Å². The van der Waals surface area contributed by atoms with Crippen molar-refractivity contribution in [1.82, 2.24) is 24.3 Å². The highest BCUT2D eigenvalue weighted by molar-refractivity contribution is 7.99. The van der Waals surface area contributed by atoms with Gasteiger partial charge in [-0.15, -0.1) is 0 Å². The quantitative estimate of drug-likeness (QED) is 0.508. The van der Waals surface area contributed by atoms with Gasteiger partial charge in [0.1, 0.15) is 17.5 Å². The Balaban J connectivity index is 1.18. The minimum Gasteiger partial charge on any atom is -0.352 e. The Labute approximate surface area is 234 Å². The number of nitrogens with zero attached hydrogens (tertiary/aromatic N) is 4. The largest absolute Gasteiger partial charge is 0.352 e. The number of rotatable bonds is 5. The van der Waals surface area contributed by atoms with Crippen LogP contribution in [-0.4, -0.2) is 54.4 Å². The van der Waals surface area contributed by atoms with Crippen LogP contribution in [-0.2, 0) is 11.3 Å². The molecular formula is C29H32FN5O4S. The third-order valence-electron chi connectivity index (χ3n) is 8.58. The number of aromatic nitrogens is 3. The van der Waals surface area contributed by atoms with Gasteiger partial charge < -0.3 is 10.2 Å². The van der Waals surface area contributed by atoms with E-state index in [9.17, 15) is 23.6 Å². The molecule has 3 aliphatic rings. The molecule has 1 atom stereocenters. The molecule has 2 aromatic heterocycles. The predicted octanol–water partition coefficient (Wildman–Crippen LogP) is 3.41. The maximum atomic E-state index is 14.2. The van der Waals surface area contributed by atoms with Crippen LogP contribution in [0, 0.1) is 5.82 Å². The number of pyridine rings is 1. The van der Waals surface area contributed by atoms with Crippen LogP contribution in [0.15, 0.2) is 46.1 Å². The predicted molar refractivity (Wildman–Crippen MR) is 151 cm³/mol. The summed E-state index contributed by atoms with van der Waals surface area (Å²) >= 11 is 1.83. The summed E-state index contributed by atoms with van der Waals surface area (Å²) in [5, 5.41) is 3.20. The van der Waals surface area contributed by atoms with Crippen LogP contribution in [0.1, 0.15) is 73.5 Å². The first-order valence-corrected chi connectivity index (χ1v) is 15.1. The summed E-state index contributed by atoms with van der Waals surface area (Å²) in [6.07, 6.45) is 4.86. The Bertz CT molecular complexity index is 1590. The average molecular weight is 566 g/mol. The van der Waals surface area contributed by atoms with Crippen LogP contribution in [0.3, 0.4) is 0 Å². The molecule has 1 N–H and O–H groups in total. The number of hydrogen-bond donors (Lipinski definition) is 1. The normalized spacial score (nSPS) is 22.4. The third-order valence-corrected chi connectivity index (χ3v) is 9.63. The third kappa shape index (κ3) is 4.74. The van der Waals surface area contributed by atoms with Crippen LogP contribution >= 0.6 is 11.8 Å². The smallest absolute Gasteiger partial charge is 0.333 e. The molecule has 3 aromatic rings. The van der Waals surface area contributed by atoms with Crippen LogP contribution in [0.5, 0.6) is 0 Å². The van der Waals surface area contributed by atoms with Gasteiger partial charge in [0.2, 0.25) is 5.91 Å². The first-order valence-electron chi connectivity index (χ1n) is 13.9. The van der Waals surface area contributed by atoms with Crippen LogP contribution < -0.4 is 16.6 Å². The van der Waals surface area contributed by atoms with Gasteiger partial charge in [-0.3, -0.25) is 23.5 Å². The highest BCUT2D eigenvalue weighted by Gasteiger charge is 2.35. The molecule has 11 heteroatoms. The highest BCUT2D eigenvalue weighted by Crippen LogP contribution is 2.31. The number of hydrogen-bond acceptors (Lipinski definition) is 6. The number of carbonyl (C=O) groups excluding carboxylic acids is 2. The Morgan fingerprint density at radius 3 is 2.45 bits per heavy atom. The molecule has 1 aliphatic carbocycles. The van der Waals surface area contributed by atoms with E-state index < -0.39 is 17.4 Å². The van der Waals surface area contributed by atoms with Gasteiger partial charge in [0.05, 0.1) is 11.6 Å². The molecule has 1 unspecified atom stereocenters. The van der Waals surface area contributed by atoms with Crippen molar-refractivity contribution in [3.63, 3.8) is 0 Å². The van der Waals surface area contributed by atoms with Crippen molar-refractivity contribution in [1.29, 1.82) is 0 Å². The molecule has 2 amide bonds. The second-order valence-corrected chi connectivity index (χ2v) is 12.2. The zero-order chi connectivity index (χ0) is 28.0. The summed E-state index contributed by atoms with van der Waals surface area (Å²) in [6, 6.07) is 7.39. The van der Waals surface area contributed by atoms with Crippen molar-refractivity contribution in [2.75, 3.05) is 11.5 Å². The van der Waals surface area contributed by atoms with E-state index in [1.54, 1.807) is 22.5 Å². The molecule has 2 aliphatic heterocycles. The lowest BCUT2D eigenvalue weighted by Gasteiger charge is -2.33. The first kappa shape index (κ1) is 26.7. The maximum Gasteiger partial charge on any atom is 0.333 e. The molecule has 0 spiro atoms. The minimum absolute atomic E-state index is 0.0855. The molecule has 210 valence electrons. The lowest BCUT2D eigenvalue weighted by atomic mass is 9.90. The van der Waals surface area contributed by atoms with Gasteiger partial charge in [-0.25, -0.2) is 14.2 Å². The molecule has 2 fully saturated rings. The number of benzene rings is 1. The fraction of sp³-hybridized carbons (Fsp3) is 0.483. The standard InChI is InChI=1S/C29H32FN5O4S/c1-17(33-16-18-4-2-3-5-23(18)27(33)37)26(36)32-20-6-8-21(9-7-20)35-28(38)24-14-19(30)15-31-25(24)34(29(35)39)22-10-12-40-13-11-22/h2-5,14-15,17,20-22H,6-13,16H2,1H3,(H,32,36). The lowest BCUT2D eigenvalue weighted by Crippen LogP contribution is -2.50. The molecule has 4 heterocycles. The van der Waals surface area contributed by atoms with Gasteiger partial charge in [0, 0.05) is 30.2 Å². The van der Waals surface area contributed by atoms with E-state index in [4.69, 9.17) is 0 Å². The Hall–Kier alpha value is -3.47. The van der Waals surface area contributed by atoms with E-state index in [1.165, 1.54) is 10.6 Å². The summed E-state index contributed by atoms with van der Waals surface area (Å²) in [5.74, 6) is 0.859. The fourth-order valence-electron chi connectivity index (χ4n) is 6.33. The molecule has 40 heavy (non-hydrogen) atoms. The second kappa shape index (κ2) is 10.8. The summed E-state index contributed by atoms with van der Waals surface area (Å²) in [6.45, 7) is 2.14. The Morgan fingerprint density at radius 1 is 1.02 bits per heavy atom. The molecule has 1 saturated heterocycles. The minimum atomic E-state index is -0.621. The van der Waals surface area contributed by atoms with E-state index in [1.807, 2.05) is 30.0 Å². The van der Waals surface area contributed by atoms with E-state index in [2.05, 4.69) is 10.3 Å². The molecule has 0 radical (unpaired) electrons. The maximum absolute atomic E-state index is 14.2. The molecule has 6 rings (SSSR count). The number of halogens is 1. The average Bonchev–Trinajstić information content (AvgIpc) is 3.31. The SMILES string of the molecule is CC(C(=O)NC1CCC(n2c(=O)c3cc(F)cnc3n(C3CCSCC3)c2=O)CC1)N1Cc2ccccc2C1=O. The Morgan fingerprint density at radius 2 is 1.73 bits per heavy atom. The van der Waals surface area contributed by atoms with E-state index >= 15 is 0 Å². The van der Waals surface area contributed by atoms with Crippen molar-refractivity contribution >= 4 is 34.6 Å². The van der Waals surface area contributed by atoms with Gasteiger partial charge in [-0.05, 0) is 74.7 Å². The lowest BCUT2D eigenvalue weighted by molar-refractivity contribution is -0.126. The van der Waals surface area contributed by atoms with Crippen molar-refractivity contribution < 1.29 is 14.0 Å². The van der Waals surface area contributed by atoms with Crippen molar-refractivity contribution in [3.8, 4) is 0 Å².